The van der Waals surface area contributed by atoms with Crippen LogP contribution >= 0.6 is 34.3 Å². The van der Waals surface area contributed by atoms with Crippen molar-refractivity contribution in [2.45, 2.75) is 26.4 Å². The second-order valence-electron chi connectivity index (χ2n) is 8.38. The number of hydrogen-bond donors (Lipinski definition) is 4. The highest BCUT2D eigenvalue weighted by Gasteiger charge is 2.27. The molecule has 0 spiro atoms. The van der Waals surface area contributed by atoms with Crippen molar-refractivity contribution in [1.29, 1.82) is 0 Å². The smallest absolute Gasteiger partial charge is 0.330 e. The SMILES string of the molecule is CC(C)COC(=O)[C@H](CNC(=O)c1cccs1)NC(=O)c1sc(C(=O)NCc2cccc(O)c2)cc1Cl. The van der Waals surface area contributed by atoms with Crippen LogP contribution < -0.4 is 16.0 Å². The fourth-order valence-electron chi connectivity index (χ4n) is 3.03. The number of carbonyl (C=O) groups is 4. The summed E-state index contributed by atoms with van der Waals surface area (Å²) in [5, 5.41) is 19.2. The molecule has 0 fully saturated rings. The molecule has 0 bridgehead atoms. The van der Waals surface area contributed by atoms with Crippen molar-refractivity contribution in [2.75, 3.05) is 13.2 Å². The lowest BCUT2D eigenvalue weighted by Gasteiger charge is -2.18. The first-order valence-electron chi connectivity index (χ1n) is 11.3. The van der Waals surface area contributed by atoms with E-state index in [2.05, 4.69) is 16.0 Å². The van der Waals surface area contributed by atoms with Crippen LogP contribution in [-0.4, -0.2) is 48.0 Å². The van der Waals surface area contributed by atoms with E-state index in [0.29, 0.717) is 10.4 Å². The molecule has 3 aromatic rings. The first kappa shape index (κ1) is 28.2. The van der Waals surface area contributed by atoms with Crippen LogP contribution in [0.3, 0.4) is 0 Å². The van der Waals surface area contributed by atoms with Crippen molar-refractivity contribution in [2.24, 2.45) is 5.92 Å². The van der Waals surface area contributed by atoms with Crippen molar-refractivity contribution < 1.29 is 29.0 Å². The average Bonchev–Trinajstić information content (AvgIpc) is 3.53. The number of phenolic OH excluding ortho intramolecular Hbond substituents is 1. The van der Waals surface area contributed by atoms with Crippen molar-refractivity contribution in [3.8, 4) is 5.75 Å². The Morgan fingerprint density at radius 3 is 2.43 bits per heavy atom. The van der Waals surface area contributed by atoms with Gasteiger partial charge in [0, 0.05) is 13.1 Å². The highest BCUT2D eigenvalue weighted by molar-refractivity contribution is 7.16. The van der Waals surface area contributed by atoms with Crippen molar-refractivity contribution in [1.82, 2.24) is 16.0 Å². The number of hydrogen-bond acceptors (Lipinski definition) is 8. The summed E-state index contributed by atoms with van der Waals surface area (Å²) in [6, 6.07) is 10.0. The third kappa shape index (κ3) is 8.31. The Kier molecular flexibility index (Phi) is 10.1. The van der Waals surface area contributed by atoms with Gasteiger partial charge in [-0.3, -0.25) is 14.4 Å². The summed E-state index contributed by atoms with van der Waals surface area (Å²) in [6.45, 7) is 3.86. The van der Waals surface area contributed by atoms with Crippen LogP contribution in [0.1, 0.15) is 48.4 Å². The monoisotopic (exact) mass is 563 g/mol. The Morgan fingerprint density at radius 2 is 1.76 bits per heavy atom. The number of esters is 1. The standard InChI is InChI=1S/C25H26ClN3O6S2/c1-14(2)13-35-25(34)18(12-28-22(31)19-7-4-8-36-19)29-24(33)21-17(26)10-20(37-21)23(32)27-11-15-5-3-6-16(30)9-15/h3-10,14,18,30H,11-13H2,1-2H3,(H,27,32)(H,28,31)(H,29,33)/t18-/m0/s1. The zero-order chi connectivity index (χ0) is 26.9. The lowest BCUT2D eigenvalue weighted by atomic mass is 10.2. The minimum Gasteiger partial charge on any atom is -0.508 e. The van der Waals surface area contributed by atoms with Gasteiger partial charge in [0.05, 0.1) is 21.4 Å². The summed E-state index contributed by atoms with van der Waals surface area (Å²) in [7, 11) is 0. The first-order valence-corrected chi connectivity index (χ1v) is 13.4. The molecule has 3 amide bonds. The number of ether oxygens (including phenoxy) is 1. The van der Waals surface area contributed by atoms with Gasteiger partial charge in [-0.2, -0.15) is 0 Å². The molecule has 0 aliphatic carbocycles. The maximum atomic E-state index is 13.0. The van der Waals surface area contributed by atoms with Gasteiger partial charge in [0.1, 0.15) is 16.7 Å². The molecule has 196 valence electrons. The Morgan fingerprint density at radius 1 is 1.00 bits per heavy atom. The van der Waals surface area contributed by atoms with Crippen molar-refractivity contribution >= 4 is 58.0 Å². The molecule has 1 aromatic carbocycles. The van der Waals surface area contributed by atoms with Gasteiger partial charge in [0.2, 0.25) is 0 Å². The number of halogens is 1. The summed E-state index contributed by atoms with van der Waals surface area (Å²) in [6.07, 6.45) is 0. The fourth-order valence-corrected chi connectivity index (χ4v) is 4.91. The van der Waals surface area contributed by atoms with Crippen molar-refractivity contribution in [3.63, 3.8) is 0 Å². The molecule has 2 aromatic heterocycles. The number of amides is 3. The van der Waals surface area contributed by atoms with Crippen LogP contribution in [0.15, 0.2) is 47.8 Å². The van der Waals surface area contributed by atoms with Crippen LogP contribution in [0.2, 0.25) is 5.02 Å². The third-order valence-electron chi connectivity index (χ3n) is 4.84. The molecule has 1 atom stereocenters. The van der Waals surface area contributed by atoms with Gasteiger partial charge in [0.15, 0.2) is 0 Å². The zero-order valence-corrected chi connectivity index (χ0v) is 22.5. The summed E-state index contributed by atoms with van der Waals surface area (Å²) in [5.74, 6) is -2.06. The van der Waals surface area contributed by atoms with E-state index >= 15 is 0 Å². The van der Waals surface area contributed by atoms with E-state index in [1.54, 1.807) is 29.6 Å². The summed E-state index contributed by atoms with van der Waals surface area (Å²) in [5.41, 5.74) is 0.696. The number of phenols is 1. The zero-order valence-electron chi connectivity index (χ0n) is 20.1. The van der Waals surface area contributed by atoms with Crippen LogP contribution in [0.5, 0.6) is 5.75 Å². The normalized spacial score (nSPS) is 11.6. The molecule has 0 radical (unpaired) electrons. The number of aromatic hydroxyl groups is 1. The molecule has 0 saturated carbocycles. The quantitative estimate of drug-likeness (QED) is 0.262. The molecule has 0 unspecified atom stereocenters. The molecule has 0 aliphatic heterocycles. The second kappa shape index (κ2) is 13.2. The van der Waals surface area contributed by atoms with Gasteiger partial charge >= 0.3 is 5.97 Å². The largest absolute Gasteiger partial charge is 0.508 e. The molecule has 37 heavy (non-hydrogen) atoms. The predicted octanol–water partition coefficient (Wildman–Crippen LogP) is 3.83. The topological polar surface area (TPSA) is 134 Å². The van der Waals surface area contributed by atoms with E-state index in [-0.39, 0.29) is 52.0 Å². The molecule has 12 heteroatoms. The first-order chi connectivity index (χ1) is 17.6. The highest BCUT2D eigenvalue weighted by Crippen LogP contribution is 2.27. The van der Waals surface area contributed by atoms with E-state index in [4.69, 9.17) is 16.3 Å². The number of thiophene rings is 2. The number of carbonyl (C=O) groups excluding carboxylic acids is 4. The van der Waals surface area contributed by atoms with Gasteiger partial charge in [-0.05, 0) is 41.1 Å². The van der Waals surface area contributed by atoms with Crippen LogP contribution in [0.4, 0.5) is 0 Å². The van der Waals surface area contributed by atoms with Gasteiger partial charge < -0.3 is 25.8 Å². The molecule has 9 nitrogen and oxygen atoms in total. The number of nitrogens with one attached hydrogen (secondary N) is 3. The number of benzene rings is 1. The fraction of sp³-hybridized carbons (Fsp3) is 0.280. The Bertz CT molecular complexity index is 1260. The molecular formula is C25H26ClN3O6S2. The van der Waals surface area contributed by atoms with Gasteiger partial charge in [-0.25, -0.2) is 4.79 Å². The van der Waals surface area contributed by atoms with Crippen LogP contribution in [-0.2, 0) is 16.1 Å². The Hall–Kier alpha value is -3.41. The van der Waals surface area contributed by atoms with Crippen molar-refractivity contribution in [3.05, 3.63) is 73.1 Å². The molecule has 0 aliphatic rings. The van der Waals surface area contributed by atoms with E-state index in [1.165, 1.54) is 29.5 Å². The Balaban J connectivity index is 1.66. The molecule has 0 saturated heterocycles. The van der Waals surface area contributed by atoms with Gasteiger partial charge in [-0.1, -0.05) is 43.6 Å². The van der Waals surface area contributed by atoms with Crippen LogP contribution in [0, 0.1) is 5.92 Å². The van der Waals surface area contributed by atoms with Crippen LogP contribution in [0.25, 0.3) is 0 Å². The van der Waals surface area contributed by atoms with E-state index < -0.39 is 23.8 Å². The molecule has 4 N–H and O–H groups in total. The maximum Gasteiger partial charge on any atom is 0.330 e. The minimum atomic E-state index is -1.17. The van der Waals surface area contributed by atoms with E-state index in [9.17, 15) is 24.3 Å². The lowest BCUT2D eigenvalue weighted by Crippen LogP contribution is -2.49. The highest BCUT2D eigenvalue weighted by atomic mass is 35.5. The summed E-state index contributed by atoms with van der Waals surface area (Å²) in [4.78, 5) is 51.2. The average molecular weight is 564 g/mol. The Labute approximate surface area is 226 Å². The summed E-state index contributed by atoms with van der Waals surface area (Å²) < 4.78 is 5.27. The summed E-state index contributed by atoms with van der Waals surface area (Å²) >= 11 is 8.34. The predicted molar refractivity (Wildman–Crippen MR) is 142 cm³/mol. The third-order valence-corrected chi connectivity index (χ3v) is 7.25. The lowest BCUT2D eigenvalue weighted by molar-refractivity contribution is -0.146. The molecule has 3 rings (SSSR count). The molecular weight excluding hydrogens is 538 g/mol. The van der Waals surface area contributed by atoms with E-state index in [1.807, 2.05) is 13.8 Å². The van der Waals surface area contributed by atoms with E-state index in [0.717, 1.165) is 11.3 Å². The van der Waals surface area contributed by atoms with Gasteiger partial charge in [0.25, 0.3) is 17.7 Å². The van der Waals surface area contributed by atoms with Gasteiger partial charge in [-0.15, -0.1) is 22.7 Å². The molecule has 2 heterocycles. The number of rotatable bonds is 11. The minimum absolute atomic E-state index is 0.0374. The maximum absolute atomic E-state index is 13.0. The second-order valence-corrected chi connectivity index (χ2v) is 10.8.